The van der Waals surface area contributed by atoms with Crippen LogP contribution in [0.15, 0.2) is 12.2 Å². The third kappa shape index (κ3) is 20.0. The second-order valence-electron chi connectivity index (χ2n) is 8.49. The minimum absolute atomic E-state index is 0. The quantitative estimate of drug-likeness (QED) is 0.144. The van der Waals surface area contributed by atoms with Crippen molar-refractivity contribution in [2.75, 3.05) is 40.4 Å². The number of carbonyl (C=O) groups is 2. The number of hydrogen-bond acceptors (Lipinski definition) is 4. The van der Waals surface area contributed by atoms with Gasteiger partial charge < -0.3 is 26.4 Å². The van der Waals surface area contributed by atoms with Crippen molar-refractivity contribution in [3.05, 3.63) is 12.2 Å². The van der Waals surface area contributed by atoms with Crippen molar-refractivity contribution in [3.63, 3.8) is 0 Å². The molecule has 29 heavy (non-hydrogen) atoms. The lowest BCUT2D eigenvalue weighted by Gasteiger charge is -2.28. The van der Waals surface area contributed by atoms with E-state index in [9.17, 15) is 9.59 Å². The lowest BCUT2D eigenvalue weighted by Crippen LogP contribution is -3.00. The largest absolute Gasteiger partial charge is 1.00 e. The summed E-state index contributed by atoms with van der Waals surface area (Å²) < 4.78 is 10.9. The van der Waals surface area contributed by atoms with Crippen molar-refractivity contribution < 1.29 is 36.0 Å². The van der Waals surface area contributed by atoms with Crippen LogP contribution in [0.2, 0.25) is 0 Å². The molecule has 0 aromatic heterocycles. The molecule has 0 unspecified atom stereocenters. The zero-order valence-electron chi connectivity index (χ0n) is 19.3. The molecule has 172 valence electrons. The van der Waals surface area contributed by atoms with E-state index < -0.39 is 0 Å². The number of esters is 2. The first-order valence-electron chi connectivity index (χ1n) is 11.1. The Morgan fingerprint density at radius 2 is 1.28 bits per heavy atom. The molecule has 0 aromatic carbocycles. The first-order valence-corrected chi connectivity index (χ1v) is 11.1. The Balaban J connectivity index is 0. The minimum Gasteiger partial charge on any atom is -1.00 e. The number of carbonyl (C=O) groups excluding carboxylic acids is 2. The SMILES string of the molecule is C=C(C)C(=O)OCC[N+](C)(C)CC(=O)OCCCCCCCCCCCCC.[Cl-]. The first-order chi connectivity index (χ1) is 13.3. The van der Waals surface area contributed by atoms with Gasteiger partial charge in [0.15, 0.2) is 6.54 Å². The molecule has 0 aliphatic heterocycles. The highest BCUT2D eigenvalue weighted by Gasteiger charge is 2.21. The van der Waals surface area contributed by atoms with Crippen LogP contribution in [0.4, 0.5) is 0 Å². The zero-order valence-corrected chi connectivity index (χ0v) is 20.0. The predicted octanol–water partition coefficient (Wildman–Crippen LogP) is 2.04. The van der Waals surface area contributed by atoms with Gasteiger partial charge in [0, 0.05) is 5.57 Å². The minimum atomic E-state index is -0.390. The number of hydrogen-bond donors (Lipinski definition) is 0. The molecule has 0 N–H and O–H groups in total. The van der Waals surface area contributed by atoms with Crippen LogP contribution in [0.25, 0.3) is 0 Å². The number of halogens is 1. The first kappa shape index (κ1) is 30.1. The Bertz CT molecular complexity index is 452. The summed E-state index contributed by atoms with van der Waals surface area (Å²) in [5, 5.41) is 0. The average molecular weight is 434 g/mol. The average Bonchev–Trinajstić information content (AvgIpc) is 2.61. The summed E-state index contributed by atoms with van der Waals surface area (Å²) in [5.41, 5.74) is 0.386. The fourth-order valence-electron chi connectivity index (χ4n) is 2.94. The highest BCUT2D eigenvalue weighted by molar-refractivity contribution is 5.86. The monoisotopic (exact) mass is 433 g/mol. The van der Waals surface area contributed by atoms with Crippen molar-refractivity contribution in [1.29, 1.82) is 0 Å². The summed E-state index contributed by atoms with van der Waals surface area (Å²) in [6.45, 7) is 9.03. The number of unbranched alkanes of at least 4 members (excludes halogenated alkanes) is 10. The van der Waals surface area contributed by atoms with Gasteiger partial charge in [-0.1, -0.05) is 77.7 Å². The highest BCUT2D eigenvalue weighted by atomic mass is 35.5. The molecule has 0 saturated heterocycles. The van der Waals surface area contributed by atoms with Crippen LogP contribution in [0.3, 0.4) is 0 Å². The molecule has 0 radical (unpaired) electrons. The normalized spacial score (nSPS) is 10.9. The van der Waals surface area contributed by atoms with E-state index in [1.165, 1.54) is 57.8 Å². The predicted molar refractivity (Wildman–Crippen MR) is 115 cm³/mol. The number of quaternary nitrogens is 1. The Labute approximate surface area is 185 Å². The number of nitrogens with zero attached hydrogens (tertiary/aromatic N) is 1. The summed E-state index contributed by atoms with van der Waals surface area (Å²) in [6, 6.07) is 0. The van der Waals surface area contributed by atoms with Crippen LogP contribution in [0, 0.1) is 0 Å². The van der Waals surface area contributed by atoms with Crippen molar-refractivity contribution >= 4 is 11.9 Å². The molecule has 0 heterocycles. The number of likely N-dealkylation sites (N-methyl/N-ethyl adjacent to an activating group) is 1. The maximum absolute atomic E-state index is 12.0. The van der Waals surface area contributed by atoms with E-state index in [0.29, 0.717) is 23.2 Å². The third-order valence-electron chi connectivity index (χ3n) is 4.85. The molecule has 0 bridgehead atoms. The van der Waals surface area contributed by atoms with Crippen LogP contribution in [-0.4, -0.2) is 56.8 Å². The highest BCUT2D eigenvalue weighted by Crippen LogP contribution is 2.11. The maximum Gasteiger partial charge on any atom is 0.361 e. The van der Waals surface area contributed by atoms with Crippen LogP contribution in [-0.2, 0) is 19.1 Å². The standard InChI is InChI=1S/C23H44NO4.ClH/c1-6-7-8-9-10-11-12-13-14-15-16-18-27-22(25)20-24(4,5)17-19-28-23(26)21(2)3;/h2,6-20H2,1,3-5H3;1H/q+1;/p-1. The Kier molecular flexibility index (Phi) is 19.7. The third-order valence-corrected chi connectivity index (χ3v) is 4.85. The van der Waals surface area contributed by atoms with E-state index in [1.54, 1.807) is 6.92 Å². The molecule has 0 amide bonds. The van der Waals surface area contributed by atoms with Gasteiger partial charge in [0.05, 0.1) is 20.7 Å². The van der Waals surface area contributed by atoms with E-state index in [4.69, 9.17) is 9.47 Å². The van der Waals surface area contributed by atoms with E-state index in [-0.39, 0.29) is 37.5 Å². The summed E-state index contributed by atoms with van der Waals surface area (Å²) in [5.74, 6) is -0.581. The van der Waals surface area contributed by atoms with Crippen LogP contribution < -0.4 is 12.4 Å². The fraction of sp³-hybridized carbons (Fsp3) is 0.826. The van der Waals surface area contributed by atoms with Crippen LogP contribution in [0.5, 0.6) is 0 Å². The van der Waals surface area contributed by atoms with Gasteiger partial charge in [-0.2, -0.15) is 0 Å². The summed E-state index contributed by atoms with van der Waals surface area (Å²) >= 11 is 0. The summed E-state index contributed by atoms with van der Waals surface area (Å²) in [7, 11) is 3.86. The number of ether oxygens (including phenoxy) is 2. The van der Waals surface area contributed by atoms with Gasteiger partial charge in [-0.3, -0.25) is 0 Å². The van der Waals surface area contributed by atoms with E-state index in [1.807, 2.05) is 14.1 Å². The van der Waals surface area contributed by atoms with Gasteiger partial charge in [0.25, 0.3) is 0 Å². The Morgan fingerprint density at radius 3 is 1.76 bits per heavy atom. The van der Waals surface area contributed by atoms with E-state index >= 15 is 0 Å². The Morgan fingerprint density at radius 1 is 0.793 bits per heavy atom. The van der Waals surface area contributed by atoms with Gasteiger partial charge in [-0.25, -0.2) is 9.59 Å². The molecule has 0 atom stereocenters. The molecular weight excluding hydrogens is 390 g/mol. The molecule has 0 fully saturated rings. The fourth-order valence-corrected chi connectivity index (χ4v) is 2.94. The number of rotatable bonds is 18. The van der Waals surface area contributed by atoms with Gasteiger partial charge >= 0.3 is 11.9 Å². The van der Waals surface area contributed by atoms with Crippen LogP contribution in [0.1, 0.15) is 84.5 Å². The van der Waals surface area contributed by atoms with Crippen LogP contribution >= 0.6 is 0 Å². The van der Waals surface area contributed by atoms with Gasteiger partial charge in [0.1, 0.15) is 13.2 Å². The topological polar surface area (TPSA) is 52.6 Å². The lowest BCUT2D eigenvalue weighted by molar-refractivity contribution is -0.883. The molecule has 0 aliphatic rings. The van der Waals surface area contributed by atoms with Crippen molar-refractivity contribution in [2.24, 2.45) is 0 Å². The van der Waals surface area contributed by atoms with Gasteiger partial charge in [-0.05, 0) is 13.3 Å². The molecule has 0 aliphatic carbocycles. The Hall–Kier alpha value is -1.07. The van der Waals surface area contributed by atoms with Crippen molar-refractivity contribution in [3.8, 4) is 0 Å². The molecule has 0 aromatic rings. The summed E-state index contributed by atoms with van der Waals surface area (Å²) in [6.07, 6.45) is 14.1. The van der Waals surface area contributed by atoms with Crippen molar-refractivity contribution in [2.45, 2.75) is 84.5 Å². The van der Waals surface area contributed by atoms with E-state index in [2.05, 4.69) is 13.5 Å². The van der Waals surface area contributed by atoms with Gasteiger partial charge in [0.2, 0.25) is 0 Å². The molecular formula is C23H44ClNO4. The lowest BCUT2D eigenvalue weighted by atomic mass is 10.1. The zero-order chi connectivity index (χ0) is 21.3. The summed E-state index contributed by atoms with van der Waals surface area (Å²) in [4.78, 5) is 23.4. The van der Waals surface area contributed by atoms with Crippen molar-refractivity contribution in [1.82, 2.24) is 0 Å². The van der Waals surface area contributed by atoms with Gasteiger partial charge in [-0.15, -0.1) is 0 Å². The molecule has 0 spiro atoms. The molecule has 0 rings (SSSR count). The second kappa shape index (κ2) is 18.9. The van der Waals surface area contributed by atoms with E-state index in [0.717, 1.165) is 12.8 Å². The smallest absolute Gasteiger partial charge is 0.361 e. The molecule has 5 nitrogen and oxygen atoms in total. The molecule has 6 heteroatoms. The molecule has 0 saturated carbocycles. The second-order valence-corrected chi connectivity index (χ2v) is 8.49. The maximum atomic E-state index is 12.0.